The Morgan fingerprint density at radius 3 is 2.75 bits per heavy atom. The van der Waals surface area contributed by atoms with Crippen LogP contribution in [0.3, 0.4) is 0 Å². The van der Waals surface area contributed by atoms with Crippen LogP contribution in [0.4, 0.5) is 5.69 Å². The minimum absolute atomic E-state index is 0.0408. The first-order valence-electron chi connectivity index (χ1n) is 6.51. The normalized spacial score (nSPS) is 10.8. The van der Waals surface area contributed by atoms with Gasteiger partial charge in [0.15, 0.2) is 5.69 Å². The van der Waals surface area contributed by atoms with Crippen molar-refractivity contribution >= 4 is 11.6 Å². The first-order chi connectivity index (χ1) is 9.50. The molecule has 2 heterocycles. The molecule has 0 radical (unpaired) electrons. The lowest BCUT2D eigenvalue weighted by Gasteiger charge is -2.26. The van der Waals surface area contributed by atoms with Gasteiger partial charge in [0, 0.05) is 25.0 Å². The first-order valence-corrected chi connectivity index (χ1v) is 6.51. The fraction of sp³-hybridized carbons (Fsp3) is 0.357. The smallest absolute Gasteiger partial charge is 0.277 e. The van der Waals surface area contributed by atoms with Crippen molar-refractivity contribution in [1.82, 2.24) is 20.1 Å². The third-order valence-electron chi connectivity index (χ3n) is 3.16. The van der Waals surface area contributed by atoms with E-state index in [0.29, 0.717) is 17.9 Å². The fourth-order valence-electron chi connectivity index (χ4n) is 1.91. The number of carbonyl (C=O) groups excluding carboxylic acids is 1. The van der Waals surface area contributed by atoms with Gasteiger partial charge < -0.3 is 10.6 Å². The van der Waals surface area contributed by atoms with E-state index in [1.807, 2.05) is 26.0 Å². The van der Waals surface area contributed by atoms with Gasteiger partial charge in [-0.25, -0.2) is 0 Å². The molecule has 0 unspecified atom stereocenters. The van der Waals surface area contributed by atoms with Crippen molar-refractivity contribution in [2.45, 2.75) is 33.4 Å². The maximum Gasteiger partial charge on any atom is 0.277 e. The summed E-state index contributed by atoms with van der Waals surface area (Å²) in [7, 11) is 0. The number of hydrogen-bond acceptors (Lipinski definition) is 4. The number of hydrogen-bond donors (Lipinski definition) is 2. The van der Waals surface area contributed by atoms with Gasteiger partial charge in [0.25, 0.3) is 5.91 Å². The molecule has 20 heavy (non-hydrogen) atoms. The summed E-state index contributed by atoms with van der Waals surface area (Å²) in [6.45, 7) is 6.20. The van der Waals surface area contributed by atoms with Crippen LogP contribution < -0.4 is 5.73 Å². The van der Waals surface area contributed by atoms with Crippen LogP contribution in [0.5, 0.6) is 0 Å². The predicted octanol–water partition coefficient (Wildman–Crippen LogP) is 1.75. The lowest BCUT2D eigenvalue weighted by molar-refractivity contribution is 0.0685. The number of anilines is 1. The number of carbonyl (C=O) groups is 1. The summed E-state index contributed by atoms with van der Waals surface area (Å²) in [6, 6.07) is 3.83. The number of nitrogens with one attached hydrogen (secondary N) is 1. The predicted molar refractivity (Wildman–Crippen MR) is 77.0 cm³/mol. The van der Waals surface area contributed by atoms with Crippen LogP contribution in [0.15, 0.2) is 24.5 Å². The van der Waals surface area contributed by atoms with E-state index in [2.05, 4.69) is 15.2 Å². The number of aryl methyl sites for hydroxylation is 1. The molecule has 0 spiro atoms. The van der Waals surface area contributed by atoms with E-state index in [-0.39, 0.29) is 17.6 Å². The molecule has 6 heteroatoms. The Morgan fingerprint density at radius 2 is 2.25 bits per heavy atom. The van der Waals surface area contributed by atoms with E-state index in [9.17, 15) is 4.79 Å². The molecule has 0 aromatic carbocycles. The van der Waals surface area contributed by atoms with E-state index in [1.165, 1.54) is 0 Å². The van der Waals surface area contributed by atoms with Gasteiger partial charge in [-0.1, -0.05) is 6.07 Å². The summed E-state index contributed by atoms with van der Waals surface area (Å²) in [4.78, 5) is 18.4. The van der Waals surface area contributed by atoms with Crippen molar-refractivity contribution in [3.63, 3.8) is 0 Å². The number of nitrogen functional groups attached to an aromatic ring is 1. The maximum absolute atomic E-state index is 12.6. The van der Waals surface area contributed by atoms with E-state index in [1.54, 1.807) is 24.2 Å². The molecule has 0 fully saturated rings. The maximum atomic E-state index is 12.6. The van der Waals surface area contributed by atoms with Gasteiger partial charge in [0.05, 0.1) is 11.4 Å². The van der Waals surface area contributed by atoms with E-state index < -0.39 is 0 Å². The van der Waals surface area contributed by atoms with Crippen LogP contribution >= 0.6 is 0 Å². The number of pyridine rings is 1. The average Bonchev–Trinajstić information content (AvgIpc) is 2.76. The summed E-state index contributed by atoms with van der Waals surface area (Å²) in [5, 5.41) is 6.74. The number of nitrogens with zero attached hydrogens (tertiary/aromatic N) is 3. The van der Waals surface area contributed by atoms with Crippen LogP contribution in [-0.4, -0.2) is 32.0 Å². The number of rotatable bonds is 4. The third kappa shape index (κ3) is 2.79. The van der Waals surface area contributed by atoms with Crippen LogP contribution in [0.1, 0.15) is 35.6 Å². The SMILES string of the molecule is Cc1[nH]nc(C(=O)N(Cc2cccnc2)C(C)C)c1N. The molecule has 0 aliphatic carbocycles. The molecule has 0 aliphatic rings. The fourth-order valence-corrected chi connectivity index (χ4v) is 1.91. The molecule has 6 nitrogen and oxygen atoms in total. The van der Waals surface area contributed by atoms with Crippen LogP contribution in [0, 0.1) is 6.92 Å². The number of amides is 1. The van der Waals surface area contributed by atoms with Crippen LogP contribution in [-0.2, 0) is 6.54 Å². The minimum atomic E-state index is -0.175. The molecule has 0 saturated heterocycles. The molecule has 1 amide bonds. The molecule has 106 valence electrons. The molecule has 0 bridgehead atoms. The summed E-state index contributed by atoms with van der Waals surface area (Å²) in [6.07, 6.45) is 3.46. The van der Waals surface area contributed by atoms with Crippen molar-refractivity contribution in [1.29, 1.82) is 0 Å². The molecule has 2 aromatic rings. The number of aromatic nitrogens is 3. The summed E-state index contributed by atoms with van der Waals surface area (Å²) >= 11 is 0. The largest absolute Gasteiger partial charge is 0.395 e. The monoisotopic (exact) mass is 273 g/mol. The van der Waals surface area contributed by atoms with E-state index in [4.69, 9.17) is 5.73 Å². The first kappa shape index (κ1) is 14.0. The zero-order valence-corrected chi connectivity index (χ0v) is 11.9. The number of aromatic amines is 1. The van der Waals surface area contributed by atoms with Crippen LogP contribution in [0.2, 0.25) is 0 Å². The Kier molecular flexibility index (Phi) is 4.02. The second-order valence-electron chi connectivity index (χ2n) is 5.00. The van der Waals surface area contributed by atoms with Gasteiger partial charge in [-0.15, -0.1) is 0 Å². The second-order valence-corrected chi connectivity index (χ2v) is 5.00. The lowest BCUT2D eigenvalue weighted by atomic mass is 10.2. The van der Waals surface area contributed by atoms with Gasteiger partial charge in [-0.3, -0.25) is 14.9 Å². The topological polar surface area (TPSA) is 87.9 Å². The van der Waals surface area contributed by atoms with Gasteiger partial charge >= 0.3 is 0 Å². The standard InChI is InChI=1S/C14H19N5O/c1-9(2)19(8-11-5-4-6-16-7-11)14(20)13-12(15)10(3)17-18-13/h4-7,9H,8,15H2,1-3H3,(H,17,18). The highest BCUT2D eigenvalue weighted by Gasteiger charge is 2.24. The molecule has 0 atom stereocenters. The highest BCUT2D eigenvalue weighted by molar-refractivity contribution is 5.97. The van der Waals surface area contributed by atoms with E-state index in [0.717, 1.165) is 5.56 Å². The molecule has 0 saturated carbocycles. The Morgan fingerprint density at radius 1 is 1.50 bits per heavy atom. The lowest BCUT2D eigenvalue weighted by Crippen LogP contribution is -2.37. The third-order valence-corrected chi connectivity index (χ3v) is 3.16. The summed E-state index contributed by atoms with van der Waals surface area (Å²) < 4.78 is 0. The van der Waals surface area contributed by atoms with Gasteiger partial charge in [-0.2, -0.15) is 5.10 Å². The van der Waals surface area contributed by atoms with Crippen molar-refractivity contribution < 1.29 is 4.79 Å². The number of nitrogens with two attached hydrogens (primary N) is 1. The number of H-pyrrole nitrogens is 1. The average molecular weight is 273 g/mol. The van der Waals surface area contributed by atoms with E-state index >= 15 is 0 Å². The second kappa shape index (κ2) is 5.73. The highest BCUT2D eigenvalue weighted by Crippen LogP contribution is 2.18. The zero-order valence-electron chi connectivity index (χ0n) is 11.9. The molecule has 2 aromatic heterocycles. The highest BCUT2D eigenvalue weighted by atomic mass is 16.2. The Labute approximate surface area is 118 Å². The molecule has 2 rings (SSSR count). The molecule has 0 aliphatic heterocycles. The molecule has 3 N–H and O–H groups in total. The Balaban J connectivity index is 2.25. The summed E-state index contributed by atoms with van der Waals surface area (Å²) in [5.74, 6) is -0.175. The van der Waals surface area contributed by atoms with Crippen molar-refractivity contribution in [3.05, 3.63) is 41.5 Å². The molecular weight excluding hydrogens is 254 g/mol. The molecular formula is C14H19N5O. The van der Waals surface area contributed by atoms with Gasteiger partial charge in [0.1, 0.15) is 0 Å². The van der Waals surface area contributed by atoms with Gasteiger partial charge in [0.2, 0.25) is 0 Å². The van der Waals surface area contributed by atoms with Crippen molar-refractivity contribution in [3.8, 4) is 0 Å². The van der Waals surface area contributed by atoms with Gasteiger partial charge in [-0.05, 0) is 32.4 Å². The quantitative estimate of drug-likeness (QED) is 0.888. The van der Waals surface area contributed by atoms with Crippen molar-refractivity contribution in [2.24, 2.45) is 0 Å². The zero-order chi connectivity index (χ0) is 14.7. The Hall–Kier alpha value is -2.37. The van der Waals surface area contributed by atoms with Crippen LogP contribution in [0.25, 0.3) is 0 Å². The minimum Gasteiger partial charge on any atom is -0.395 e. The summed E-state index contributed by atoms with van der Waals surface area (Å²) in [5.41, 5.74) is 8.25. The Bertz CT molecular complexity index is 591. The van der Waals surface area contributed by atoms with Crippen molar-refractivity contribution in [2.75, 3.05) is 5.73 Å².